The van der Waals surface area contributed by atoms with Gasteiger partial charge in [0.15, 0.2) is 5.78 Å². The summed E-state index contributed by atoms with van der Waals surface area (Å²) < 4.78 is 0. The average molecular weight is 221 g/mol. The second-order valence-electron chi connectivity index (χ2n) is 4.06. The highest BCUT2D eigenvalue weighted by molar-refractivity contribution is 6.01. The molecule has 0 aromatic carbocycles. The first-order valence-electron chi connectivity index (χ1n) is 5.53. The van der Waals surface area contributed by atoms with Crippen LogP contribution in [0, 0.1) is 6.92 Å². The molecule has 1 heterocycles. The molecule has 88 valence electrons. The Kier molecular flexibility index (Phi) is 4.43. The standard InChI is InChI=1S/C12H19N3O/c1-4-9(3)14-7-11(16)10-5-8(2)6-15-12(10)13/h5-6,9,14H,4,7H2,1-3H3,(H2,13,15). The Hall–Kier alpha value is -1.42. The first kappa shape index (κ1) is 12.6. The minimum Gasteiger partial charge on any atom is -0.383 e. The van der Waals surface area contributed by atoms with Crippen LogP contribution in [0.2, 0.25) is 0 Å². The number of aromatic nitrogens is 1. The van der Waals surface area contributed by atoms with E-state index < -0.39 is 0 Å². The van der Waals surface area contributed by atoms with Gasteiger partial charge in [-0.3, -0.25) is 4.79 Å². The van der Waals surface area contributed by atoms with E-state index in [1.165, 1.54) is 0 Å². The highest BCUT2D eigenvalue weighted by Gasteiger charge is 2.11. The van der Waals surface area contributed by atoms with Gasteiger partial charge < -0.3 is 11.1 Å². The van der Waals surface area contributed by atoms with Crippen molar-refractivity contribution in [3.8, 4) is 0 Å². The average Bonchev–Trinajstić information content (AvgIpc) is 2.28. The van der Waals surface area contributed by atoms with Crippen LogP contribution in [0.3, 0.4) is 0 Å². The van der Waals surface area contributed by atoms with Crippen molar-refractivity contribution in [3.63, 3.8) is 0 Å². The van der Waals surface area contributed by atoms with Crippen molar-refractivity contribution in [2.75, 3.05) is 12.3 Å². The molecule has 4 heteroatoms. The minimum atomic E-state index is -0.00556. The molecule has 0 fully saturated rings. The van der Waals surface area contributed by atoms with E-state index in [2.05, 4.69) is 17.2 Å². The lowest BCUT2D eigenvalue weighted by molar-refractivity contribution is 0.0988. The molecule has 4 nitrogen and oxygen atoms in total. The number of ketones is 1. The van der Waals surface area contributed by atoms with Gasteiger partial charge >= 0.3 is 0 Å². The molecule has 0 bridgehead atoms. The molecule has 0 aliphatic carbocycles. The fourth-order valence-corrected chi connectivity index (χ4v) is 1.31. The summed E-state index contributed by atoms with van der Waals surface area (Å²) in [4.78, 5) is 15.8. The fourth-order valence-electron chi connectivity index (χ4n) is 1.31. The number of carbonyl (C=O) groups is 1. The van der Waals surface area contributed by atoms with Gasteiger partial charge in [-0.05, 0) is 31.9 Å². The molecule has 1 atom stereocenters. The number of Topliss-reactive ketones (excluding diaryl/α,β-unsaturated/α-hetero) is 1. The van der Waals surface area contributed by atoms with Crippen LogP contribution in [0.15, 0.2) is 12.3 Å². The minimum absolute atomic E-state index is 0.00556. The zero-order valence-electron chi connectivity index (χ0n) is 10.1. The lowest BCUT2D eigenvalue weighted by atomic mass is 10.1. The maximum Gasteiger partial charge on any atom is 0.180 e. The molecule has 1 rings (SSSR count). The fraction of sp³-hybridized carbons (Fsp3) is 0.500. The zero-order valence-corrected chi connectivity index (χ0v) is 10.1. The number of carbonyl (C=O) groups excluding carboxylic acids is 1. The molecule has 0 saturated carbocycles. The lowest BCUT2D eigenvalue weighted by Crippen LogP contribution is -2.31. The molecule has 3 N–H and O–H groups in total. The highest BCUT2D eigenvalue weighted by atomic mass is 16.1. The third-order valence-corrected chi connectivity index (χ3v) is 2.58. The van der Waals surface area contributed by atoms with Gasteiger partial charge in [0, 0.05) is 12.2 Å². The SMILES string of the molecule is CCC(C)NCC(=O)c1cc(C)cnc1N. The van der Waals surface area contributed by atoms with Gasteiger partial charge in [0.2, 0.25) is 0 Å². The number of nitrogen functional groups attached to an aromatic ring is 1. The Balaban J connectivity index is 2.69. The summed E-state index contributed by atoms with van der Waals surface area (Å²) in [6.45, 7) is 6.32. The van der Waals surface area contributed by atoms with Crippen LogP contribution in [-0.4, -0.2) is 23.4 Å². The van der Waals surface area contributed by atoms with Gasteiger partial charge in [-0.1, -0.05) is 6.92 Å². The van der Waals surface area contributed by atoms with E-state index in [4.69, 9.17) is 5.73 Å². The first-order valence-corrected chi connectivity index (χ1v) is 5.53. The molecular formula is C12H19N3O. The van der Waals surface area contributed by atoms with Crippen molar-refractivity contribution in [1.82, 2.24) is 10.3 Å². The Morgan fingerprint density at radius 3 is 2.94 bits per heavy atom. The van der Waals surface area contributed by atoms with Crippen molar-refractivity contribution < 1.29 is 4.79 Å². The number of hydrogen-bond acceptors (Lipinski definition) is 4. The molecule has 16 heavy (non-hydrogen) atoms. The Bertz CT molecular complexity index is 377. The van der Waals surface area contributed by atoms with Crippen LogP contribution >= 0.6 is 0 Å². The van der Waals surface area contributed by atoms with Crippen molar-refractivity contribution in [1.29, 1.82) is 0 Å². The van der Waals surface area contributed by atoms with E-state index in [0.29, 0.717) is 24.0 Å². The molecular weight excluding hydrogens is 202 g/mol. The van der Waals surface area contributed by atoms with E-state index >= 15 is 0 Å². The Morgan fingerprint density at radius 1 is 1.62 bits per heavy atom. The number of pyridine rings is 1. The summed E-state index contributed by atoms with van der Waals surface area (Å²) in [7, 11) is 0. The van der Waals surface area contributed by atoms with Crippen molar-refractivity contribution in [3.05, 3.63) is 23.4 Å². The van der Waals surface area contributed by atoms with Crippen molar-refractivity contribution >= 4 is 11.6 Å². The third-order valence-electron chi connectivity index (χ3n) is 2.58. The molecule has 0 aliphatic heterocycles. The predicted octanol–water partition coefficient (Wildman–Crippen LogP) is 1.54. The summed E-state index contributed by atoms with van der Waals surface area (Å²) in [6.07, 6.45) is 2.66. The van der Waals surface area contributed by atoms with Gasteiger partial charge in [-0.25, -0.2) is 4.98 Å². The van der Waals surface area contributed by atoms with E-state index in [1.54, 1.807) is 12.3 Å². The molecule has 0 amide bonds. The molecule has 1 aromatic heterocycles. The van der Waals surface area contributed by atoms with Gasteiger partial charge in [0.1, 0.15) is 5.82 Å². The highest BCUT2D eigenvalue weighted by Crippen LogP contribution is 2.10. The summed E-state index contributed by atoms with van der Waals surface area (Å²) >= 11 is 0. The van der Waals surface area contributed by atoms with Crippen LogP contribution in [-0.2, 0) is 0 Å². The van der Waals surface area contributed by atoms with Crippen LogP contribution in [0.1, 0.15) is 36.2 Å². The molecule has 1 unspecified atom stereocenters. The smallest absolute Gasteiger partial charge is 0.180 e. The molecule has 0 radical (unpaired) electrons. The van der Waals surface area contributed by atoms with Gasteiger partial charge in [0.25, 0.3) is 0 Å². The number of anilines is 1. The number of hydrogen-bond donors (Lipinski definition) is 2. The Labute approximate surface area is 96.3 Å². The molecule has 0 aliphatic rings. The summed E-state index contributed by atoms with van der Waals surface area (Å²) in [5.41, 5.74) is 7.12. The lowest BCUT2D eigenvalue weighted by Gasteiger charge is -2.11. The topological polar surface area (TPSA) is 68.0 Å². The van der Waals surface area contributed by atoms with Crippen LogP contribution < -0.4 is 11.1 Å². The van der Waals surface area contributed by atoms with Crippen LogP contribution in [0.25, 0.3) is 0 Å². The summed E-state index contributed by atoms with van der Waals surface area (Å²) in [5.74, 6) is 0.301. The van der Waals surface area contributed by atoms with E-state index in [-0.39, 0.29) is 5.78 Å². The number of nitrogens with one attached hydrogen (secondary N) is 1. The first-order chi connectivity index (χ1) is 7.54. The second kappa shape index (κ2) is 5.61. The predicted molar refractivity (Wildman–Crippen MR) is 65.5 cm³/mol. The monoisotopic (exact) mass is 221 g/mol. The maximum atomic E-state index is 11.9. The van der Waals surface area contributed by atoms with Crippen LogP contribution in [0.4, 0.5) is 5.82 Å². The molecule has 0 spiro atoms. The van der Waals surface area contributed by atoms with Gasteiger partial charge in [-0.15, -0.1) is 0 Å². The number of aryl methyl sites for hydroxylation is 1. The second-order valence-corrected chi connectivity index (χ2v) is 4.06. The van der Waals surface area contributed by atoms with E-state index in [9.17, 15) is 4.79 Å². The molecule has 0 saturated heterocycles. The van der Waals surface area contributed by atoms with Crippen molar-refractivity contribution in [2.24, 2.45) is 0 Å². The zero-order chi connectivity index (χ0) is 12.1. The normalized spacial score (nSPS) is 12.4. The molecule has 1 aromatic rings. The van der Waals surface area contributed by atoms with E-state index in [1.807, 2.05) is 13.8 Å². The van der Waals surface area contributed by atoms with Crippen molar-refractivity contribution in [2.45, 2.75) is 33.2 Å². The summed E-state index contributed by atoms with van der Waals surface area (Å²) in [6, 6.07) is 2.12. The number of nitrogens with zero attached hydrogens (tertiary/aromatic N) is 1. The number of nitrogens with two attached hydrogens (primary N) is 1. The quantitative estimate of drug-likeness (QED) is 0.740. The number of rotatable bonds is 5. The maximum absolute atomic E-state index is 11.9. The van der Waals surface area contributed by atoms with Gasteiger partial charge in [0.05, 0.1) is 12.1 Å². The van der Waals surface area contributed by atoms with Crippen LogP contribution in [0.5, 0.6) is 0 Å². The van der Waals surface area contributed by atoms with Gasteiger partial charge in [-0.2, -0.15) is 0 Å². The van der Waals surface area contributed by atoms with E-state index in [0.717, 1.165) is 12.0 Å². The summed E-state index contributed by atoms with van der Waals surface area (Å²) in [5, 5.41) is 3.14. The Morgan fingerprint density at radius 2 is 2.31 bits per heavy atom. The third kappa shape index (κ3) is 3.31. The largest absolute Gasteiger partial charge is 0.383 e.